The maximum atomic E-state index is 11.9. The maximum absolute atomic E-state index is 11.9. The van der Waals surface area contributed by atoms with Crippen molar-refractivity contribution in [1.29, 1.82) is 0 Å². The minimum atomic E-state index is -0.565. The van der Waals surface area contributed by atoms with Crippen LogP contribution in [0.25, 0.3) is 11.7 Å². The van der Waals surface area contributed by atoms with E-state index in [4.69, 9.17) is 11.6 Å². The third kappa shape index (κ3) is 3.41. The Labute approximate surface area is 175 Å². The van der Waals surface area contributed by atoms with Crippen LogP contribution in [0.4, 0.5) is 22.4 Å². The molecule has 3 amide bonds. The largest absolute Gasteiger partial charge is 0.351 e. The van der Waals surface area contributed by atoms with Gasteiger partial charge in [0.1, 0.15) is 5.70 Å². The van der Waals surface area contributed by atoms with Crippen LogP contribution in [0.2, 0.25) is 5.02 Å². The molecule has 1 saturated carbocycles. The van der Waals surface area contributed by atoms with Crippen molar-refractivity contribution in [3.63, 3.8) is 0 Å². The Bertz CT molecular complexity index is 1210. The molecule has 2 aliphatic rings. The van der Waals surface area contributed by atoms with E-state index in [0.29, 0.717) is 39.9 Å². The van der Waals surface area contributed by atoms with Crippen LogP contribution in [0.5, 0.6) is 0 Å². The Hall–Kier alpha value is -3.66. The van der Waals surface area contributed by atoms with E-state index in [2.05, 4.69) is 36.3 Å². The van der Waals surface area contributed by atoms with Gasteiger partial charge in [0.2, 0.25) is 11.9 Å². The number of rotatable bonds is 5. The van der Waals surface area contributed by atoms with Crippen LogP contribution < -0.4 is 21.3 Å². The smallest absolute Gasteiger partial charge is 0.326 e. The summed E-state index contributed by atoms with van der Waals surface area (Å²) in [6, 6.07) is 5.37. The summed E-state index contributed by atoms with van der Waals surface area (Å²) in [7, 11) is 0. The Balaban J connectivity index is 1.60. The Kier molecular flexibility index (Phi) is 4.28. The van der Waals surface area contributed by atoms with Crippen molar-refractivity contribution in [2.75, 3.05) is 10.6 Å². The van der Waals surface area contributed by atoms with E-state index in [0.717, 1.165) is 18.4 Å². The molecular weight excluding hydrogens is 408 g/mol. The highest BCUT2D eigenvalue weighted by atomic mass is 35.5. The first-order valence-electron chi connectivity index (χ1n) is 9.36. The molecule has 10 nitrogen and oxygen atoms in total. The normalized spacial score (nSPS) is 17.3. The summed E-state index contributed by atoms with van der Waals surface area (Å²) in [5, 5.41) is 16.1. The molecule has 2 aromatic heterocycles. The van der Waals surface area contributed by atoms with Crippen LogP contribution in [0.1, 0.15) is 24.0 Å². The molecule has 1 saturated heterocycles. The van der Waals surface area contributed by atoms with Crippen molar-refractivity contribution in [3.8, 4) is 0 Å². The lowest BCUT2D eigenvalue weighted by Crippen LogP contribution is -2.22. The predicted molar refractivity (Wildman–Crippen MR) is 112 cm³/mol. The Morgan fingerprint density at radius 3 is 2.77 bits per heavy atom. The molecule has 2 fully saturated rings. The average Bonchev–Trinajstić information content (AvgIpc) is 3.34. The summed E-state index contributed by atoms with van der Waals surface area (Å²) in [6.45, 7) is 1.94. The summed E-state index contributed by atoms with van der Waals surface area (Å²) < 4.78 is 1.57. The molecule has 30 heavy (non-hydrogen) atoms. The van der Waals surface area contributed by atoms with Gasteiger partial charge >= 0.3 is 6.03 Å². The molecule has 152 valence electrons. The topological polar surface area (TPSA) is 125 Å². The van der Waals surface area contributed by atoms with Crippen molar-refractivity contribution in [1.82, 2.24) is 30.2 Å². The second-order valence-corrected chi connectivity index (χ2v) is 7.55. The Morgan fingerprint density at radius 2 is 2.07 bits per heavy atom. The first kappa shape index (κ1) is 18.4. The molecule has 1 aliphatic carbocycles. The number of para-hydroxylation sites is 1. The standard InChI is InChI=1S/C19H17ClN8O2/c1-9-3-2-4-12(20)14(9)24-17-25-15-10(7-13-16(29)26-19(30)23-13)8-21-28(15)18(27-17)22-11-5-6-11/h2-4,7-8,11H,5-6H2,1H3,(H2,22,24,25,27)(H2,23,26,29,30)/b13-7-. The van der Waals surface area contributed by atoms with Crippen molar-refractivity contribution in [2.24, 2.45) is 0 Å². The summed E-state index contributed by atoms with van der Waals surface area (Å²) in [6.07, 6.45) is 5.21. The Morgan fingerprint density at radius 1 is 1.23 bits per heavy atom. The minimum absolute atomic E-state index is 0.127. The van der Waals surface area contributed by atoms with E-state index < -0.39 is 11.9 Å². The number of urea groups is 1. The number of aryl methyl sites for hydroxylation is 1. The van der Waals surface area contributed by atoms with Gasteiger partial charge in [-0.1, -0.05) is 23.7 Å². The molecule has 1 aliphatic heterocycles. The van der Waals surface area contributed by atoms with Crippen LogP contribution in [0.15, 0.2) is 30.1 Å². The summed E-state index contributed by atoms with van der Waals surface area (Å²) in [5.74, 6) is 0.357. The fourth-order valence-electron chi connectivity index (χ4n) is 3.10. The van der Waals surface area contributed by atoms with E-state index in [9.17, 15) is 9.59 Å². The number of nitrogens with zero attached hydrogens (tertiary/aromatic N) is 4. The van der Waals surface area contributed by atoms with Gasteiger partial charge in [-0.25, -0.2) is 4.79 Å². The minimum Gasteiger partial charge on any atom is -0.351 e. The van der Waals surface area contributed by atoms with Gasteiger partial charge in [-0.3, -0.25) is 10.1 Å². The van der Waals surface area contributed by atoms with Crippen LogP contribution >= 0.6 is 11.6 Å². The molecule has 1 aromatic carbocycles. The highest BCUT2D eigenvalue weighted by Gasteiger charge is 2.26. The van der Waals surface area contributed by atoms with Gasteiger partial charge in [-0.05, 0) is 37.5 Å². The number of nitrogens with one attached hydrogen (secondary N) is 4. The highest BCUT2D eigenvalue weighted by Crippen LogP contribution is 2.30. The van der Waals surface area contributed by atoms with E-state index in [-0.39, 0.29) is 5.70 Å². The monoisotopic (exact) mass is 424 g/mol. The fourth-order valence-corrected chi connectivity index (χ4v) is 3.36. The van der Waals surface area contributed by atoms with E-state index in [1.807, 2.05) is 19.1 Å². The maximum Gasteiger partial charge on any atom is 0.326 e. The second kappa shape index (κ2) is 6.99. The molecule has 0 bridgehead atoms. The lowest BCUT2D eigenvalue weighted by Gasteiger charge is -2.12. The third-order valence-corrected chi connectivity index (χ3v) is 5.10. The van der Waals surface area contributed by atoms with E-state index in [1.165, 1.54) is 6.08 Å². The second-order valence-electron chi connectivity index (χ2n) is 7.15. The van der Waals surface area contributed by atoms with Crippen molar-refractivity contribution in [2.45, 2.75) is 25.8 Å². The van der Waals surface area contributed by atoms with Crippen molar-refractivity contribution >= 4 is 52.8 Å². The highest BCUT2D eigenvalue weighted by molar-refractivity contribution is 6.33. The van der Waals surface area contributed by atoms with Crippen molar-refractivity contribution < 1.29 is 9.59 Å². The number of aromatic nitrogens is 4. The van der Waals surface area contributed by atoms with Gasteiger partial charge in [-0.15, -0.1) is 0 Å². The average molecular weight is 425 g/mol. The van der Waals surface area contributed by atoms with Crippen molar-refractivity contribution in [3.05, 3.63) is 46.2 Å². The number of carbonyl (C=O) groups is 2. The SMILES string of the molecule is Cc1cccc(Cl)c1Nc1nc(NC2CC2)n2ncc(/C=C3\NC(=O)NC3=O)c2n1. The molecule has 3 heterocycles. The summed E-state index contributed by atoms with van der Waals surface area (Å²) >= 11 is 6.34. The molecule has 0 unspecified atom stereocenters. The number of fused-ring (bicyclic) bond motifs is 1. The van der Waals surface area contributed by atoms with Crippen LogP contribution in [-0.4, -0.2) is 37.6 Å². The first-order valence-corrected chi connectivity index (χ1v) is 9.74. The lowest BCUT2D eigenvalue weighted by atomic mass is 10.2. The number of hydrogen-bond donors (Lipinski definition) is 4. The zero-order valence-electron chi connectivity index (χ0n) is 15.9. The quantitative estimate of drug-likeness (QED) is 0.366. The molecule has 0 spiro atoms. The first-order chi connectivity index (χ1) is 14.5. The number of hydrogen-bond acceptors (Lipinski definition) is 7. The molecule has 0 radical (unpaired) electrons. The predicted octanol–water partition coefficient (Wildman–Crippen LogP) is 2.58. The van der Waals surface area contributed by atoms with E-state index in [1.54, 1.807) is 16.8 Å². The van der Waals surface area contributed by atoms with E-state index >= 15 is 0 Å². The molecule has 5 rings (SSSR count). The summed E-state index contributed by atoms with van der Waals surface area (Å²) in [4.78, 5) is 32.4. The lowest BCUT2D eigenvalue weighted by molar-refractivity contribution is -0.115. The van der Waals surface area contributed by atoms with Gasteiger partial charge in [0.25, 0.3) is 5.91 Å². The third-order valence-electron chi connectivity index (χ3n) is 4.78. The van der Waals surface area contributed by atoms with Gasteiger partial charge in [0.05, 0.1) is 16.9 Å². The number of anilines is 3. The van der Waals surface area contributed by atoms with Crippen LogP contribution in [-0.2, 0) is 4.79 Å². The van der Waals surface area contributed by atoms with Gasteiger partial charge in [0, 0.05) is 11.6 Å². The van der Waals surface area contributed by atoms with Gasteiger partial charge in [-0.2, -0.15) is 19.6 Å². The summed E-state index contributed by atoms with van der Waals surface area (Å²) in [5.41, 5.74) is 2.82. The number of imide groups is 1. The number of halogens is 1. The number of carbonyl (C=O) groups excluding carboxylic acids is 2. The van der Waals surface area contributed by atoms with Gasteiger partial charge in [0.15, 0.2) is 5.65 Å². The van der Waals surface area contributed by atoms with Crippen LogP contribution in [0.3, 0.4) is 0 Å². The molecule has 11 heteroatoms. The fraction of sp³-hybridized carbons (Fsp3) is 0.211. The number of amides is 3. The molecular formula is C19H17ClN8O2. The van der Waals surface area contributed by atoms with Gasteiger partial charge < -0.3 is 16.0 Å². The molecule has 0 atom stereocenters. The number of benzene rings is 1. The zero-order valence-corrected chi connectivity index (χ0v) is 16.6. The molecule has 3 aromatic rings. The molecule has 4 N–H and O–H groups in total. The van der Waals surface area contributed by atoms with Crippen LogP contribution in [0, 0.1) is 6.92 Å². The zero-order chi connectivity index (χ0) is 20.8.